The summed E-state index contributed by atoms with van der Waals surface area (Å²) in [4.78, 5) is 8.27. The predicted molar refractivity (Wildman–Crippen MR) is 82.7 cm³/mol. The maximum Gasteiger partial charge on any atom is 0.123 e. The number of hydrogen-bond donors (Lipinski definition) is 1. The molecule has 0 bridgehead atoms. The lowest BCUT2D eigenvalue weighted by Gasteiger charge is -2.22. The van der Waals surface area contributed by atoms with Gasteiger partial charge < -0.3 is 15.0 Å². The van der Waals surface area contributed by atoms with Crippen molar-refractivity contribution in [2.24, 2.45) is 0 Å². The summed E-state index contributed by atoms with van der Waals surface area (Å²) in [5.41, 5.74) is 7.84. The Hall–Kier alpha value is -1.88. The van der Waals surface area contributed by atoms with Crippen molar-refractivity contribution in [2.45, 2.75) is 44.8 Å². The zero-order chi connectivity index (χ0) is 14.5. The van der Waals surface area contributed by atoms with Crippen LogP contribution in [0.3, 0.4) is 0 Å². The highest BCUT2D eigenvalue weighted by atomic mass is 16.5. The summed E-state index contributed by atoms with van der Waals surface area (Å²) in [6.07, 6.45) is 12.2. The Kier molecular flexibility index (Phi) is 4.50. The second-order valence-electron chi connectivity index (χ2n) is 5.57. The summed E-state index contributed by atoms with van der Waals surface area (Å²) in [6, 6.07) is 3.82. The molecule has 2 aromatic heterocycles. The molecule has 2 N–H and O–H groups in total. The molecule has 0 aromatic carbocycles. The van der Waals surface area contributed by atoms with Crippen LogP contribution in [0, 0.1) is 0 Å². The van der Waals surface area contributed by atoms with Crippen molar-refractivity contribution in [2.75, 3.05) is 12.3 Å². The Bertz CT molecular complexity index is 575. The molecule has 1 saturated carbocycles. The smallest absolute Gasteiger partial charge is 0.123 e. The molecule has 0 radical (unpaired) electrons. The van der Waals surface area contributed by atoms with Gasteiger partial charge in [0.25, 0.3) is 0 Å². The number of imidazole rings is 1. The monoisotopic (exact) mass is 286 g/mol. The van der Waals surface area contributed by atoms with Crippen LogP contribution in [0.15, 0.2) is 30.9 Å². The topological polar surface area (TPSA) is 66.0 Å². The van der Waals surface area contributed by atoms with E-state index in [-0.39, 0.29) is 0 Å². The molecule has 5 nitrogen and oxygen atoms in total. The summed E-state index contributed by atoms with van der Waals surface area (Å²) >= 11 is 0. The van der Waals surface area contributed by atoms with Crippen LogP contribution in [0.5, 0.6) is 0 Å². The van der Waals surface area contributed by atoms with E-state index in [0.29, 0.717) is 11.9 Å². The third-order valence-electron chi connectivity index (χ3n) is 4.03. The van der Waals surface area contributed by atoms with Gasteiger partial charge in [0.2, 0.25) is 0 Å². The number of nitrogen functional groups attached to an aromatic ring is 1. The number of nitrogens with zero attached hydrogens (tertiary/aromatic N) is 3. The molecule has 0 unspecified atom stereocenters. The molecule has 1 aliphatic rings. The second kappa shape index (κ2) is 6.72. The van der Waals surface area contributed by atoms with E-state index < -0.39 is 0 Å². The number of aromatic nitrogens is 3. The molecule has 3 rings (SSSR count). The van der Waals surface area contributed by atoms with Crippen LogP contribution < -0.4 is 5.73 Å². The Balaban J connectivity index is 1.60. The van der Waals surface area contributed by atoms with Gasteiger partial charge in [-0.2, -0.15) is 0 Å². The first-order valence-electron chi connectivity index (χ1n) is 7.66. The van der Waals surface area contributed by atoms with Gasteiger partial charge in [0, 0.05) is 18.3 Å². The van der Waals surface area contributed by atoms with Crippen LogP contribution >= 0.6 is 0 Å². The molecular formula is C16H22N4O. The molecule has 0 atom stereocenters. The summed E-state index contributed by atoms with van der Waals surface area (Å²) in [5.74, 6) is 0.527. The molecule has 21 heavy (non-hydrogen) atoms. The first-order chi connectivity index (χ1) is 10.3. The molecule has 0 aliphatic heterocycles. The largest absolute Gasteiger partial charge is 0.384 e. The van der Waals surface area contributed by atoms with Crippen molar-refractivity contribution in [1.82, 2.24) is 14.5 Å². The fraction of sp³-hybridized carbons (Fsp3) is 0.500. The van der Waals surface area contributed by atoms with Crippen molar-refractivity contribution >= 4 is 5.82 Å². The van der Waals surface area contributed by atoms with E-state index >= 15 is 0 Å². The Labute approximate surface area is 125 Å². The number of pyridine rings is 1. The molecule has 1 aliphatic carbocycles. The molecule has 0 spiro atoms. The van der Waals surface area contributed by atoms with Crippen LogP contribution in [-0.4, -0.2) is 27.2 Å². The molecule has 0 saturated heterocycles. The van der Waals surface area contributed by atoms with Gasteiger partial charge in [-0.25, -0.2) is 9.97 Å². The molecule has 1 fully saturated rings. The normalized spacial score (nSPS) is 16.2. The van der Waals surface area contributed by atoms with Gasteiger partial charge in [-0.1, -0.05) is 19.3 Å². The summed E-state index contributed by atoms with van der Waals surface area (Å²) < 4.78 is 8.09. The highest BCUT2D eigenvalue weighted by molar-refractivity contribution is 5.61. The van der Waals surface area contributed by atoms with Crippen LogP contribution in [0.1, 0.15) is 32.1 Å². The zero-order valence-electron chi connectivity index (χ0n) is 12.2. The van der Waals surface area contributed by atoms with Crippen LogP contribution in [0.4, 0.5) is 5.82 Å². The Morgan fingerprint density at radius 3 is 2.95 bits per heavy atom. The average molecular weight is 286 g/mol. The molecule has 5 heteroatoms. The number of ether oxygens (including phenoxy) is 1. The Morgan fingerprint density at radius 2 is 2.14 bits per heavy atom. The van der Waals surface area contributed by atoms with Gasteiger partial charge >= 0.3 is 0 Å². The van der Waals surface area contributed by atoms with E-state index in [0.717, 1.165) is 24.4 Å². The molecule has 2 heterocycles. The summed E-state index contributed by atoms with van der Waals surface area (Å²) in [5, 5.41) is 0. The fourth-order valence-corrected chi connectivity index (χ4v) is 2.90. The zero-order valence-corrected chi connectivity index (χ0v) is 12.2. The minimum atomic E-state index is 0.447. The summed E-state index contributed by atoms with van der Waals surface area (Å²) in [6.45, 7) is 1.54. The number of anilines is 1. The van der Waals surface area contributed by atoms with E-state index in [9.17, 15) is 0 Å². The van der Waals surface area contributed by atoms with Crippen molar-refractivity contribution in [3.05, 3.63) is 30.9 Å². The van der Waals surface area contributed by atoms with E-state index in [4.69, 9.17) is 10.5 Å². The highest BCUT2D eigenvalue weighted by Crippen LogP contribution is 2.22. The van der Waals surface area contributed by atoms with Crippen molar-refractivity contribution in [3.8, 4) is 11.3 Å². The van der Waals surface area contributed by atoms with E-state index in [1.807, 2.05) is 24.7 Å². The van der Waals surface area contributed by atoms with Crippen LogP contribution in [0.25, 0.3) is 11.3 Å². The van der Waals surface area contributed by atoms with Crippen molar-refractivity contribution in [3.63, 3.8) is 0 Å². The van der Waals surface area contributed by atoms with Crippen molar-refractivity contribution in [1.29, 1.82) is 0 Å². The third-order valence-corrected chi connectivity index (χ3v) is 4.03. The molecular weight excluding hydrogens is 264 g/mol. The lowest BCUT2D eigenvalue weighted by molar-refractivity contribution is 0.0242. The van der Waals surface area contributed by atoms with Crippen LogP contribution in [0.2, 0.25) is 0 Å². The minimum Gasteiger partial charge on any atom is -0.384 e. The third kappa shape index (κ3) is 3.61. The number of nitrogens with two attached hydrogens (primary N) is 1. The molecule has 2 aromatic rings. The lowest BCUT2D eigenvalue weighted by Crippen LogP contribution is -2.19. The lowest BCUT2D eigenvalue weighted by atomic mass is 9.98. The fourth-order valence-electron chi connectivity index (χ4n) is 2.90. The van der Waals surface area contributed by atoms with Gasteiger partial charge in [-0.15, -0.1) is 0 Å². The van der Waals surface area contributed by atoms with Gasteiger partial charge in [-0.3, -0.25) is 0 Å². The van der Waals surface area contributed by atoms with Crippen LogP contribution in [-0.2, 0) is 11.3 Å². The van der Waals surface area contributed by atoms with Gasteiger partial charge in [0.15, 0.2) is 0 Å². The standard InChI is InChI=1S/C16H22N4O/c17-16-10-13(6-7-19-16)15-11-18-12-20(15)8-9-21-14-4-2-1-3-5-14/h6-7,10-12,14H,1-5,8-9H2,(H2,17,19). The molecule has 0 amide bonds. The van der Waals surface area contributed by atoms with E-state index in [1.165, 1.54) is 32.1 Å². The second-order valence-corrected chi connectivity index (χ2v) is 5.57. The first-order valence-corrected chi connectivity index (χ1v) is 7.66. The Morgan fingerprint density at radius 1 is 1.29 bits per heavy atom. The SMILES string of the molecule is Nc1cc(-c2cncn2CCOC2CCCCC2)ccn1. The maximum atomic E-state index is 5.99. The maximum absolute atomic E-state index is 5.99. The first kappa shape index (κ1) is 14.1. The number of rotatable bonds is 5. The quantitative estimate of drug-likeness (QED) is 0.917. The van der Waals surface area contributed by atoms with Gasteiger partial charge in [0.1, 0.15) is 5.82 Å². The molecule has 112 valence electrons. The van der Waals surface area contributed by atoms with Gasteiger partial charge in [0.05, 0.1) is 30.9 Å². The van der Waals surface area contributed by atoms with Gasteiger partial charge in [-0.05, 0) is 25.0 Å². The van der Waals surface area contributed by atoms with E-state index in [2.05, 4.69) is 14.5 Å². The van der Waals surface area contributed by atoms with E-state index in [1.54, 1.807) is 6.20 Å². The average Bonchev–Trinajstić information content (AvgIpc) is 2.97. The predicted octanol–water partition coefficient (Wildman–Crippen LogP) is 2.88. The number of hydrogen-bond acceptors (Lipinski definition) is 4. The highest BCUT2D eigenvalue weighted by Gasteiger charge is 2.13. The summed E-state index contributed by atoms with van der Waals surface area (Å²) in [7, 11) is 0. The van der Waals surface area contributed by atoms with Crippen molar-refractivity contribution < 1.29 is 4.74 Å². The minimum absolute atomic E-state index is 0.447.